The van der Waals surface area contributed by atoms with Crippen LogP contribution in [0.5, 0.6) is 0 Å². The number of thioether (sulfide) groups is 1. The number of nitrogens with one attached hydrogen (secondary N) is 1. The van der Waals surface area contributed by atoms with Crippen LogP contribution in [0.1, 0.15) is 24.1 Å². The van der Waals surface area contributed by atoms with Crippen molar-refractivity contribution < 1.29 is 13.8 Å². The lowest BCUT2D eigenvalue weighted by Crippen LogP contribution is -2.17. The minimum absolute atomic E-state index is 0.309. The van der Waals surface area contributed by atoms with Crippen molar-refractivity contribution in [2.24, 2.45) is 5.92 Å². The first-order chi connectivity index (χ1) is 11.6. The van der Waals surface area contributed by atoms with Crippen molar-refractivity contribution in [2.45, 2.75) is 24.3 Å². The van der Waals surface area contributed by atoms with Crippen molar-refractivity contribution >= 4 is 33.4 Å². The number of nitrogens with zero attached hydrogens (tertiary/aromatic N) is 2. The molecule has 0 amide bonds. The van der Waals surface area contributed by atoms with Gasteiger partial charge < -0.3 is 10.1 Å². The lowest BCUT2D eigenvalue weighted by molar-refractivity contribution is 0.0728. The van der Waals surface area contributed by atoms with Crippen molar-refractivity contribution in [1.82, 2.24) is 10.3 Å². The van der Waals surface area contributed by atoms with Gasteiger partial charge in [0, 0.05) is 25.4 Å². The van der Waals surface area contributed by atoms with Crippen molar-refractivity contribution in [1.29, 1.82) is 5.41 Å². The molecule has 1 fully saturated rings. The SMILES string of the molecule is N=C(Cc1ccc(F)c(Br)c1)c1nonc1SCC1CCOCC1. The Labute approximate surface area is 151 Å². The van der Waals surface area contributed by atoms with Gasteiger partial charge in [0.15, 0.2) is 10.7 Å². The molecule has 1 aromatic carbocycles. The molecule has 0 spiro atoms. The van der Waals surface area contributed by atoms with Gasteiger partial charge in [-0.25, -0.2) is 9.02 Å². The molecule has 0 saturated carbocycles. The van der Waals surface area contributed by atoms with Crippen LogP contribution in [0.15, 0.2) is 32.3 Å². The van der Waals surface area contributed by atoms with Gasteiger partial charge in [-0.2, -0.15) is 0 Å². The second kappa shape index (κ2) is 8.22. The molecule has 0 bridgehead atoms. The lowest BCUT2D eigenvalue weighted by atomic mass is 10.0. The van der Waals surface area contributed by atoms with Crippen LogP contribution in [0.4, 0.5) is 4.39 Å². The molecule has 0 radical (unpaired) electrons. The monoisotopic (exact) mass is 413 g/mol. The summed E-state index contributed by atoms with van der Waals surface area (Å²) in [5, 5.41) is 16.7. The third-order valence-corrected chi connectivity index (χ3v) is 5.69. The zero-order chi connectivity index (χ0) is 16.9. The zero-order valence-electron chi connectivity index (χ0n) is 12.9. The summed E-state index contributed by atoms with van der Waals surface area (Å²) >= 11 is 4.73. The van der Waals surface area contributed by atoms with Gasteiger partial charge in [0.2, 0.25) is 0 Å². The van der Waals surface area contributed by atoms with Crippen molar-refractivity contribution in [3.63, 3.8) is 0 Å². The summed E-state index contributed by atoms with van der Waals surface area (Å²) < 4.78 is 23.9. The van der Waals surface area contributed by atoms with Gasteiger partial charge in [-0.1, -0.05) is 6.07 Å². The molecule has 1 aliphatic rings. The topological polar surface area (TPSA) is 72.0 Å². The molecule has 2 aromatic rings. The summed E-state index contributed by atoms with van der Waals surface area (Å²) in [5.74, 6) is 1.19. The van der Waals surface area contributed by atoms with Crippen LogP contribution in [-0.4, -0.2) is 35.0 Å². The Morgan fingerprint density at radius 3 is 2.88 bits per heavy atom. The van der Waals surface area contributed by atoms with E-state index in [0.717, 1.165) is 37.4 Å². The van der Waals surface area contributed by atoms with Gasteiger partial charge in [0.05, 0.1) is 10.2 Å². The number of ether oxygens (including phenoxy) is 1. The van der Waals surface area contributed by atoms with Crippen molar-refractivity contribution in [2.75, 3.05) is 19.0 Å². The molecule has 1 aromatic heterocycles. The molecule has 0 unspecified atom stereocenters. The number of hydrogen-bond acceptors (Lipinski definition) is 6. The van der Waals surface area contributed by atoms with E-state index in [1.807, 2.05) is 0 Å². The average Bonchev–Trinajstić information content (AvgIpc) is 3.06. The minimum Gasteiger partial charge on any atom is -0.381 e. The van der Waals surface area contributed by atoms with Crippen LogP contribution >= 0.6 is 27.7 Å². The molecule has 5 nitrogen and oxygen atoms in total. The predicted octanol–water partition coefficient (Wildman–Crippen LogP) is 4.10. The molecular weight excluding hydrogens is 397 g/mol. The molecule has 3 rings (SSSR count). The summed E-state index contributed by atoms with van der Waals surface area (Å²) in [4.78, 5) is 0. The smallest absolute Gasteiger partial charge is 0.170 e. The fourth-order valence-electron chi connectivity index (χ4n) is 2.51. The summed E-state index contributed by atoms with van der Waals surface area (Å²) in [6.45, 7) is 1.62. The third-order valence-electron chi connectivity index (χ3n) is 3.91. The molecule has 24 heavy (non-hydrogen) atoms. The highest BCUT2D eigenvalue weighted by molar-refractivity contribution is 9.10. The summed E-state index contributed by atoms with van der Waals surface area (Å²) in [7, 11) is 0. The highest BCUT2D eigenvalue weighted by atomic mass is 79.9. The maximum Gasteiger partial charge on any atom is 0.170 e. The first kappa shape index (κ1) is 17.6. The van der Waals surface area contributed by atoms with E-state index in [1.54, 1.807) is 23.9 Å². The maximum absolute atomic E-state index is 13.3. The standard InChI is InChI=1S/C16H17BrFN3O2S/c17-12-7-11(1-2-13(12)18)8-14(19)15-16(21-23-20-15)24-9-10-3-5-22-6-4-10/h1-2,7,10,19H,3-6,8-9H2. The number of rotatable bonds is 6. The number of halogens is 2. The van der Waals surface area contributed by atoms with Crippen molar-refractivity contribution in [3.8, 4) is 0 Å². The molecule has 1 saturated heterocycles. The Hall–Kier alpha value is -1.25. The second-order valence-corrected chi connectivity index (χ2v) is 7.55. The highest BCUT2D eigenvalue weighted by Crippen LogP contribution is 2.27. The first-order valence-electron chi connectivity index (χ1n) is 7.68. The zero-order valence-corrected chi connectivity index (χ0v) is 15.3. The Morgan fingerprint density at radius 1 is 1.33 bits per heavy atom. The van der Waals surface area contributed by atoms with Crippen LogP contribution in [-0.2, 0) is 11.2 Å². The molecule has 128 valence electrons. The quantitative estimate of drug-likeness (QED) is 0.569. The Morgan fingerprint density at radius 2 is 2.12 bits per heavy atom. The highest BCUT2D eigenvalue weighted by Gasteiger charge is 2.20. The average molecular weight is 414 g/mol. The molecular formula is C16H17BrFN3O2S. The van der Waals surface area contributed by atoms with Crippen LogP contribution in [0.3, 0.4) is 0 Å². The van der Waals surface area contributed by atoms with E-state index >= 15 is 0 Å². The van der Waals surface area contributed by atoms with Gasteiger partial charge >= 0.3 is 0 Å². The van der Waals surface area contributed by atoms with Crippen LogP contribution in [0.25, 0.3) is 0 Å². The molecule has 0 atom stereocenters. The van der Waals surface area contributed by atoms with Crippen LogP contribution in [0, 0.1) is 17.1 Å². The lowest BCUT2D eigenvalue weighted by Gasteiger charge is -2.20. The van der Waals surface area contributed by atoms with E-state index in [4.69, 9.17) is 14.8 Å². The van der Waals surface area contributed by atoms with Crippen LogP contribution in [0.2, 0.25) is 0 Å². The van der Waals surface area contributed by atoms with E-state index in [2.05, 4.69) is 26.2 Å². The molecule has 2 heterocycles. The van der Waals surface area contributed by atoms with Crippen molar-refractivity contribution in [3.05, 3.63) is 39.7 Å². The Balaban J connectivity index is 1.62. The van der Waals surface area contributed by atoms with E-state index in [-0.39, 0.29) is 5.82 Å². The van der Waals surface area contributed by atoms with Gasteiger partial charge in [-0.15, -0.1) is 11.8 Å². The largest absolute Gasteiger partial charge is 0.381 e. The van der Waals surface area contributed by atoms with E-state index in [0.29, 0.717) is 33.2 Å². The fourth-order valence-corrected chi connectivity index (χ4v) is 4.04. The molecule has 1 aliphatic heterocycles. The maximum atomic E-state index is 13.3. The van der Waals surface area contributed by atoms with Gasteiger partial charge in [0.1, 0.15) is 5.82 Å². The molecule has 1 N–H and O–H groups in total. The fraction of sp³-hybridized carbons (Fsp3) is 0.438. The summed E-state index contributed by atoms with van der Waals surface area (Å²) in [6, 6.07) is 4.72. The number of benzene rings is 1. The second-order valence-electron chi connectivity index (χ2n) is 5.69. The van der Waals surface area contributed by atoms with Crippen LogP contribution < -0.4 is 0 Å². The van der Waals surface area contributed by atoms with E-state index in [9.17, 15) is 4.39 Å². The van der Waals surface area contributed by atoms with E-state index in [1.165, 1.54) is 6.07 Å². The number of hydrogen-bond donors (Lipinski definition) is 1. The third kappa shape index (κ3) is 4.43. The Bertz CT molecular complexity index is 719. The summed E-state index contributed by atoms with van der Waals surface area (Å²) in [6.07, 6.45) is 2.45. The number of aromatic nitrogens is 2. The molecule has 8 heteroatoms. The molecule has 0 aliphatic carbocycles. The van der Waals surface area contributed by atoms with Gasteiger partial charge in [-0.3, -0.25) is 0 Å². The normalized spacial score (nSPS) is 15.6. The predicted molar refractivity (Wildman–Crippen MR) is 93.2 cm³/mol. The van der Waals surface area contributed by atoms with Gasteiger partial charge in [0.25, 0.3) is 0 Å². The van der Waals surface area contributed by atoms with Gasteiger partial charge in [-0.05, 0) is 62.7 Å². The summed E-state index contributed by atoms with van der Waals surface area (Å²) in [5.41, 5.74) is 1.60. The minimum atomic E-state index is -0.318. The first-order valence-corrected chi connectivity index (χ1v) is 9.46. The van der Waals surface area contributed by atoms with E-state index < -0.39 is 0 Å². The Kier molecular flexibility index (Phi) is 6.02.